The zero-order valence-corrected chi connectivity index (χ0v) is 13.6. The molecule has 2 aromatic heterocycles. The third-order valence-corrected chi connectivity index (χ3v) is 5.69. The molecular formula is C16H19ClN4O. The second kappa shape index (κ2) is 4.69. The first kappa shape index (κ1) is 14.0. The van der Waals surface area contributed by atoms with Gasteiger partial charge in [0.1, 0.15) is 11.5 Å². The Hall–Kier alpha value is -1.62. The van der Waals surface area contributed by atoms with Gasteiger partial charge in [0.25, 0.3) is 0 Å². The second-order valence-electron chi connectivity index (χ2n) is 6.54. The van der Waals surface area contributed by atoms with Crippen LogP contribution < -0.4 is 4.90 Å². The summed E-state index contributed by atoms with van der Waals surface area (Å²) in [6, 6.07) is 2.01. The third kappa shape index (κ3) is 1.69. The van der Waals surface area contributed by atoms with E-state index in [1.165, 1.54) is 6.42 Å². The average Bonchev–Trinajstić information content (AvgIpc) is 2.91. The number of carbonyl (C=O) groups excluding carboxylic acids is 1. The number of aromatic nitrogens is 3. The number of hydrogen-bond donors (Lipinski definition) is 0. The molecule has 2 aromatic rings. The van der Waals surface area contributed by atoms with E-state index < -0.39 is 0 Å². The van der Waals surface area contributed by atoms with Crippen LogP contribution in [0, 0.1) is 5.92 Å². The molecule has 6 heteroatoms. The van der Waals surface area contributed by atoms with Crippen LogP contribution in [0.2, 0.25) is 5.28 Å². The Morgan fingerprint density at radius 1 is 1.32 bits per heavy atom. The molecule has 0 N–H and O–H groups in total. The number of fused-ring (bicyclic) bond motifs is 4. The summed E-state index contributed by atoms with van der Waals surface area (Å²) in [7, 11) is 1.84. The molecule has 1 aliphatic heterocycles. The van der Waals surface area contributed by atoms with Gasteiger partial charge in [0, 0.05) is 18.6 Å². The minimum absolute atomic E-state index is 0.0466. The maximum Gasteiger partial charge on any atom is 0.233 e. The quantitative estimate of drug-likeness (QED) is 0.700. The van der Waals surface area contributed by atoms with E-state index >= 15 is 0 Å². The highest BCUT2D eigenvalue weighted by atomic mass is 35.5. The number of rotatable bonds is 0. The van der Waals surface area contributed by atoms with Crippen molar-refractivity contribution in [2.24, 2.45) is 5.92 Å². The molecule has 1 saturated carbocycles. The predicted molar refractivity (Wildman–Crippen MR) is 86.2 cm³/mol. The SMILES string of the molecule is CC1C(=O)N(C)c2cc3cnc(Cl)nc3n2C12CCCCC2. The van der Waals surface area contributed by atoms with Crippen molar-refractivity contribution < 1.29 is 4.79 Å². The summed E-state index contributed by atoms with van der Waals surface area (Å²) < 4.78 is 2.26. The largest absolute Gasteiger partial charge is 0.305 e. The number of anilines is 1. The Labute approximate surface area is 134 Å². The molecule has 0 bridgehead atoms. The molecule has 1 aliphatic carbocycles. The Kier molecular flexibility index (Phi) is 2.98. The Balaban J connectivity index is 2.06. The van der Waals surface area contributed by atoms with E-state index in [1.807, 2.05) is 13.1 Å². The highest BCUT2D eigenvalue weighted by Crippen LogP contribution is 2.49. The summed E-state index contributed by atoms with van der Waals surface area (Å²) in [5, 5.41) is 1.20. The van der Waals surface area contributed by atoms with Crippen LogP contribution in [0.1, 0.15) is 39.0 Å². The average molecular weight is 319 g/mol. The molecule has 5 nitrogen and oxygen atoms in total. The number of halogens is 1. The van der Waals surface area contributed by atoms with E-state index in [0.717, 1.165) is 42.5 Å². The van der Waals surface area contributed by atoms with Crippen LogP contribution in [-0.4, -0.2) is 27.5 Å². The topological polar surface area (TPSA) is 51.0 Å². The number of hydrogen-bond acceptors (Lipinski definition) is 3. The van der Waals surface area contributed by atoms with E-state index in [9.17, 15) is 4.79 Å². The van der Waals surface area contributed by atoms with Crippen molar-refractivity contribution in [2.75, 3.05) is 11.9 Å². The zero-order chi connectivity index (χ0) is 15.5. The van der Waals surface area contributed by atoms with Gasteiger partial charge in [0.2, 0.25) is 11.2 Å². The maximum atomic E-state index is 12.8. The maximum absolute atomic E-state index is 12.8. The molecule has 1 spiro atoms. The zero-order valence-electron chi connectivity index (χ0n) is 12.8. The monoisotopic (exact) mass is 318 g/mol. The van der Waals surface area contributed by atoms with Gasteiger partial charge < -0.3 is 9.47 Å². The van der Waals surface area contributed by atoms with Crippen LogP contribution in [0.5, 0.6) is 0 Å². The molecular weight excluding hydrogens is 300 g/mol. The third-order valence-electron chi connectivity index (χ3n) is 5.51. The first-order valence-electron chi connectivity index (χ1n) is 7.87. The molecule has 3 heterocycles. The van der Waals surface area contributed by atoms with Crippen molar-refractivity contribution in [3.05, 3.63) is 17.5 Å². The van der Waals surface area contributed by atoms with Crippen molar-refractivity contribution in [1.29, 1.82) is 0 Å². The molecule has 1 unspecified atom stereocenters. The van der Waals surface area contributed by atoms with Crippen LogP contribution in [0.4, 0.5) is 5.82 Å². The van der Waals surface area contributed by atoms with Gasteiger partial charge in [-0.1, -0.05) is 26.2 Å². The van der Waals surface area contributed by atoms with Gasteiger partial charge in [-0.3, -0.25) is 4.79 Å². The molecule has 1 fully saturated rings. The molecule has 1 amide bonds. The fourth-order valence-corrected chi connectivity index (χ4v) is 4.42. The molecule has 0 aromatic carbocycles. The molecule has 0 radical (unpaired) electrons. The van der Waals surface area contributed by atoms with Gasteiger partial charge in [-0.05, 0) is 30.5 Å². The highest BCUT2D eigenvalue weighted by molar-refractivity contribution is 6.28. The number of nitrogens with zero attached hydrogens (tertiary/aromatic N) is 4. The predicted octanol–water partition coefficient (Wildman–Crippen LogP) is 3.36. The van der Waals surface area contributed by atoms with Gasteiger partial charge in [-0.25, -0.2) is 4.98 Å². The second-order valence-corrected chi connectivity index (χ2v) is 6.88. The lowest BCUT2D eigenvalue weighted by molar-refractivity contribution is -0.127. The minimum atomic E-state index is -0.170. The van der Waals surface area contributed by atoms with Crippen LogP contribution in [0.25, 0.3) is 11.0 Å². The smallest absolute Gasteiger partial charge is 0.233 e. The fourth-order valence-electron chi connectivity index (χ4n) is 4.29. The van der Waals surface area contributed by atoms with Crippen LogP contribution in [0.3, 0.4) is 0 Å². The summed E-state index contributed by atoms with van der Waals surface area (Å²) in [6.45, 7) is 2.06. The van der Waals surface area contributed by atoms with Gasteiger partial charge in [-0.2, -0.15) is 4.98 Å². The lowest BCUT2D eigenvalue weighted by Crippen LogP contribution is -2.54. The summed E-state index contributed by atoms with van der Waals surface area (Å²) >= 11 is 6.03. The molecule has 2 aliphatic rings. The summed E-state index contributed by atoms with van der Waals surface area (Å²) in [5.41, 5.74) is 0.680. The Morgan fingerprint density at radius 2 is 2.05 bits per heavy atom. The fraction of sp³-hybridized carbons (Fsp3) is 0.562. The standard InChI is InChI=1S/C16H19ClN4O/c1-10-14(22)20(2)12-8-11-9-18-15(17)19-13(11)21(12)16(10)6-4-3-5-7-16/h8-10H,3-7H2,1-2H3. The van der Waals surface area contributed by atoms with E-state index in [1.54, 1.807) is 11.1 Å². The number of amides is 1. The van der Waals surface area contributed by atoms with Gasteiger partial charge in [-0.15, -0.1) is 0 Å². The van der Waals surface area contributed by atoms with Crippen LogP contribution >= 0.6 is 11.6 Å². The van der Waals surface area contributed by atoms with E-state index in [2.05, 4.69) is 21.5 Å². The van der Waals surface area contributed by atoms with E-state index in [4.69, 9.17) is 11.6 Å². The lowest BCUT2D eigenvalue weighted by Gasteiger charge is -2.49. The molecule has 22 heavy (non-hydrogen) atoms. The lowest BCUT2D eigenvalue weighted by atomic mass is 9.71. The number of carbonyl (C=O) groups is 1. The van der Waals surface area contributed by atoms with Gasteiger partial charge in [0.05, 0.1) is 11.5 Å². The minimum Gasteiger partial charge on any atom is -0.305 e. The van der Waals surface area contributed by atoms with E-state index in [0.29, 0.717) is 0 Å². The Morgan fingerprint density at radius 3 is 2.77 bits per heavy atom. The van der Waals surface area contributed by atoms with Crippen molar-refractivity contribution in [3.8, 4) is 0 Å². The highest BCUT2D eigenvalue weighted by Gasteiger charge is 2.49. The summed E-state index contributed by atoms with van der Waals surface area (Å²) in [6.07, 6.45) is 7.33. The first-order chi connectivity index (χ1) is 10.5. The summed E-state index contributed by atoms with van der Waals surface area (Å²) in [5.74, 6) is 1.06. The molecule has 116 valence electrons. The summed E-state index contributed by atoms with van der Waals surface area (Å²) in [4.78, 5) is 23.1. The Bertz CT molecular complexity index is 763. The van der Waals surface area contributed by atoms with E-state index in [-0.39, 0.29) is 22.6 Å². The first-order valence-corrected chi connectivity index (χ1v) is 8.24. The van der Waals surface area contributed by atoms with Crippen molar-refractivity contribution in [3.63, 3.8) is 0 Å². The van der Waals surface area contributed by atoms with Crippen LogP contribution in [0.15, 0.2) is 12.3 Å². The normalized spacial score (nSPS) is 24.0. The van der Waals surface area contributed by atoms with Crippen molar-refractivity contribution >= 4 is 34.4 Å². The molecule has 0 saturated heterocycles. The molecule has 4 rings (SSSR count). The molecule has 1 atom stereocenters. The van der Waals surface area contributed by atoms with Gasteiger partial charge in [0.15, 0.2) is 0 Å². The van der Waals surface area contributed by atoms with Crippen molar-refractivity contribution in [1.82, 2.24) is 14.5 Å². The van der Waals surface area contributed by atoms with Gasteiger partial charge >= 0.3 is 0 Å². The van der Waals surface area contributed by atoms with Crippen LogP contribution in [-0.2, 0) is 10.3 Å². The van der Waals surface area contributed by atoms with Crippen molar-refractivity contribution in [2.45, 2.75) is 44.6 Å².